The maximum atomic E-state index is 6.07. The molecule has 0 aromatic carbocycles. The smallest absolute Gasteiger partial charge is 0.106 e. The average Bonchev–Trinajstić information content (AvgIpc) is 2.71. The van der Waals surface area contributed by atoms with Crippen molar-refractivity contribution < 1.29 is 0 Å². The molecule has 0 bridgehead atoms. The Balaban J connectivity index is 0.00000112. The normalized spacial score (nSPS) is 11.9. The van der Waals surface area contributed by atoms with Crippen LogP contribution in [0.15, 0.2) is 40.4 Å². The van der Waals surface area contributed by atoms with Crippen LogP contribution >= 0.6 is 39.7 Å². The van der Waals surface area contributed by atoms with Gasteiger partial charge in [0, 0.05) is 11.1 Å². The second-order valence-corrected chi connectivity index (χ2v) is 4.70. The third-order valence-corrected chi connectivity index (χ3v) is 3.38. The minimum atomic E-state index is -0.0596. The van der Waals surface area contributed by atoms with Gasteiger partial charge in [-0.15, -0.1) is 23.7 Å². The van der Waals surface area contributed by atoms with Crippen molar-refractivity contribution in [1.82, 2.24) is 4.98 Å². The van der Waals surface area contributed by atoms with Gasteiger partial charge in [-0.1, -0.05) is 12.1 Å². The summed E-state index contributed by atoms with van der Waals surface area (Å²) < 4.78 is 0.833. The number of nitrogens with two attached hydrogens (primary N) is 1. The third kappa shape index (κ3) is 3.01. The largest absolute Gasteiger partial charge is 0.320 e. The Hall–Kier alpha value is -0.420. The van der Waals surface area contributed by atoms with Gasteiger partial charge in [-0.3, -0.25) is 0 Å². The SMILES string of the molecule is Cl.N[C@@H](c1ccc(Br)nc1)c1cccs1. The molecule has 0 unspecified atom stereocenters. The number of rotatable bonds is 2. The van der Waals surface area contributed by atoms with Crippen molar-refractivity contribution in [3.8, 4) is 0 Å². The van der Waals surface area contributed by atoms with Crippen LogP contribution in [0, 0.1) is 0 Å². The lowest BCUT2D eigenvalue weighted by molar-refractivity contribution is 0.882. The number of hydrogen-bond donors (Lipinski definition) is 1. The van der Waals surface area contributed by atoms with E-state index >= 15 is 0 Å². The van der Waals surface area contributed by atoms with Crippen molar-refractivity contribution in [1.29, 1.82) is 0 Å². The van der Waals surface area contributed by atoms with Gasteiger partial charge in [0.2, 0.25) is 0 Å². The number of halogens is 2. The molecule has 5 heteroatoms. The fourth-order valence-electron chi connectivity index (χ4n) is 1.20. The van der Waals surface area contributed by atoms with Gasteiger partial charge < -0.3 is 5.73 Å². The summed E-state index contributed by atoms with van der Waals surface area (Å²) in [5.74, 6) is 0. The van der Waals surface area contributed by atoms with E-state index in [4.69, 9.17) is 5.73 Å². The number of aromatic nitrogens is 1. The highest BCUT2D eigenvalue weighted by Gasteiger charge is 2.09. The van der Waals surface area contributed by atoms with Gasteiger partial charge in [-0.05, 0) is 39.0 Å². The molecule has 0 aliphatic rings. The molecule has 2 aromatic rings. The second kappa shape index (κ2) is 5.61. The summed E-state index contributed by atoms with van der Waals surface area (Å²) in [5, 5.41) is 2.03. The Kier molecular flexibility index (Phi) is 4.73. The highest BCUT2D eigenvalue weighted by molar-refractivity contribution is 9.10. The highest BCUT2D eigenvalue weighted by atomic mass is 79.9. The molecule has 15 heavy (non-hydrogen) atoms. The van der Waals surface area contributed by atoms with Gasteiger partial charge in [-0.25, -0.2) is 4.98 Å². The summed E-state index contributed by atoms with van der Waals surface area (Å²) in [7, 11) is 0. The van der Waals surface area contributed by atoms with Gasteiger partial charge in [0.15, 0.2) is 0 Å². The molecule has 0 fully saturated rings. The molecule has 0 saturated heterocycles. The lowest BCUT2D eigenvalue weighted by atomic mass is 10.1. The number of nitrogens with zero attached hydrogens (tertiary/aromatic N) is 1. The highest BCUT2D eigenvalue weighted by Crippen LogP contribution is 2.23. The van der Waals surface area contributed by atoms with Crippen LogP contribution in [0.5, 0.6) is 0 Å². The molecular formula is C10H10BrClN2S. The molecular weight excluding hydrogens is 296 g/mol. The van der Waals surface area contributed by atoms with Crippen LogP contribution < -0.4 is 5.73 Å². The molecule has 0 saturated carbocycles. The molecule has 0 amide bonds. The molecule has 2 rings (SSSR count). The van der Waals surface area contributed by atoms with Crippen LogP contribution in [0.3, 0.4) is 0 Å². The Labute approximate surface area is 107 Å². The number of hydrogen-bond acceptors (Lipinski definition) is 3. The fourth-order valence-corrected chi connectivity index (χ4v) is 2.19. The van der Waals surface area contributed by atoms with E-state index in [1.165, 1.54) is 0 Å². The predicted octanol–water partition coefficient (Wildman–Crippen LogP) is 3.38. The van der Waals surface area contributed by atoms with Crippen LogP contribution in [-0.4, -0.2) is 4.98 Å². The van der Waals surface area contributed by atoms with E-state index in [1.54, 1.807) is 17.5 Å². The molecule has 80 valence electrons. The van der Waals surface area contributed by atoms with Crippen LogP contribution in [0.25, 0.3) is 0 Å². The first kappa shape index (κ1) is 12.6. The van der Waals surface area contributed by atoms with Gasteiger partial charge in [-0.2, -0.15) is 0 Å². The first-order valence-corrected chi connectivity index (χ1v) is 5.85. The van der Waals surface area contributed by atoms with E-state index in [0.717, 1.165) is 15.0 Å². The standard InChI is InChI=1S/C10H9BrN2S.ClH/c11-9-4-3-7(6-13-9)10(12)8-2-1-5-14-8;/h1-6,10H,12H2;1H/t10-;/m0./s1. The molecule has 1 atom stereocenters. The first-order chi connectivity index (χ1) is 6.77. The quantitative estimate of drug-likeness (QED) is 0.864. The van der Waals surface area contributed by atoms with Crippen LogP contribution in [0.1, 0.15) is 16.5 Å². The van der Waals surface area contributed by atoms with E-state index in [0.29, 0.717) is 0 Å². The van der Waals surface area contributed by atoms with Gasteiger partial charge in [0.1, 0.15) is 4.60 Å². The molecule has 0 spiro atoms. The van der Waals surface area contributed by atoms with Gasteiger partial charge >= 0.3 is 0 Å². The van der Waals surface area contributed by atoms with E-state index in [1.807, 2.05) is 29.6 Å². The zero-order valence-electron chi connectivity index (χ0n) is 7.76. The van der Waals surface area contributed by atoms with Crippen LogP contribution in [0.4, 0.5) is 0 Å². The van der Waals surface area contributed by atoms with Crippen LogP contribution in [-0.2, 0) is 0 Å². The molecule has 0 aliphatic heterocycles. The van der Waals surface area contributed by atoms with Crippen molar-refractivity contribution in [3.63, 3.8) is 0 Å². The minimum absolute atomic E-state index is 0. The lowest BCUT2D eigenvalue weighted by Crippen LogP contribution is -2.10. The average molecular weight is 306 g/mol. The molecule has 2 nitrogen and oxygen atoms in total. The number of thiophene rings is 1. The predicted molar refractivity (Wildman–Crippen MR) is 69.5 cm³/mol. The number of pyridine rings is 1. The summed E-state index contributed by atoms with van der Waals surface area (Å²) in [6.45, 7) is 0. The van der Waals surface area contributed by atoms with Gasteiger partial charge in [0.05, 0.1) is 6.04 Å². The van der Waals surface area contributed by atoms with Crippen molar-refractivity contribution >= 4 is 39.7 Å². The Morgan fingerprint density at radius 2 is 2.13 bits per heavy atom. The van der Waals surface area contributed by atoms with Crippen molar-refractivity contribution in [3.05, 3.63) is 50.9 Å². The van der Waals surface area contributed by atoms with E-state index in [-0.39, 0.29) is 18.4 Å². The Morgan fingerprint density at radius 1 is 1.33 bits per heavy atom. The Morgan fingerprint density at radius 3 is 2.67 bits per heavy atom. The Bertz CT molecular complexity index is 402. The molecule has 2 N–H and O–H groups in total. The monoisotopic (exact) mass is 304 g/mol. The van der Waals surface area contributed by atoms with Crippen molar-refractivity contribution in [2.75, 3.05) is 0 Å². The first-order valence-electron chi connectivity index (χ1n) is 4.18. The van der Waals surface area contributed by atoms with Crippen molar-refractivity contribution in [2.24, 2.45) is 5.73 Å². The second-order valence-electron chi connectivity index (χ2n) is 2.91. The van der Waals surface area contributed by atoms with E-state index < -0.39 is 0 Å². The van der Waals surface area contributed by atoms with E-state index in [2.05, 4.69) is 20.9 Å². The fraction of sp³-hybridized carbons (Fsp3) is 0.100. The van der Waals surface area contributed by atoms with Crippen LogP contribution in [0.2, 0.25) is 0 Å². The lowest BCUT2D eigenvalue weighted by Gasteiger charge is -2.08. The van der Waals surface area contributed by atoms with Crippen molar-refractivity contribution in [2.45, 2.75) is 6.04 Å². The summed E-state index contributed by atoms with van der Waals surface area (Å²) in [4.78, 5) is 5.31. The zero-order chi connectivity index (χ0) is 9.97. The third-order valence-electron chi connectivity index (χ3n) is 1.96. The van der Waals surface area contributed by atoms with Gasteiger partial charge in [0.25, 0.3) is 0 Å². The molecule has 2 heterocycles. The summed E-state index contributed by atoms with van der Waals surface area (Å²) in [6.07, 6.45) is 1.80. The molecule has 2 aromatic heterocycles. The summed E-state index contributed by atoms with van der Waals surface area (Å²) in [6, 6.07) is 7.88. The zero-order valence-corrected chi connectivity index (χ0v) is 11.0. The minimum Gasteiger partial charge on any atom is -0.320 e. The maximum Gasteiger partial charge on any atom is 0.106 e. The maximum absolute atomic E-state index is 6.07. The summed E-state index contributed by atoms with van der Waals surface area (Å²) in [5.41, 5.74) is 7.10. The van der Waals surface area contributed by atoms with E-state index in [9.17, 15) is 0 Å². The summed E-state index contributed by atoms with van der Waals surface area (Å²) >= 11 is 4.96. The molecule has 0 aliphatic carbocycles. The topological polar surface area (TPSA) is 38.9 Å². The molecule has 0 radical (unpaired) electrons.